The Bertz CT molecular complexity index is 629. The van der Waals surface area contributed by atoms with E-state index in [0.29, 0.717) is 19.6 Å². The van der Waals surface area contributed by atoms with Gasteiger partial charge in [-0.3, -0.25) is 9.69 Å². The smallest absolute Gasteiger partial charge is 0.320 e. The first-order chi connectivity index (χ1) is 11.6. The molecule has 0 N–H and O–H groups in total. The Hall–Kier alpha value is -1.60. The molecule has 3 aliphatic rings. The number of anilines is 1. The lowest BCUT2D eigenvalue weighted by Gasteiger charge is -2.46. The van der Waals surface area contributed by atoms with E-state index in [4.69, 9.17) is 0 Å². The molecule has 4 rings (SSSR count). The first kappa shape index (κ1) is 15.9. The SMILES string of the molecule is CN1CC(=O)N(c2ccsc2)C[C@]12CCN(C(=O)N1CCCC1)C2. The van der Waals surface area contributed by atoms with Crippen LogP contribution < -0.4 is 4.90 Å². The van der Waals surface area contributed by atoms with Crippen LogP contribution in [-0.2, 0) is 4.79 Å². The Morgan fingerprint density at radius 1 is 1.17 bits per heavy atom. The van der Waals surface area contributed by atoms with Crippen molar-refractivity contribution in [3.63, 3.8) is 0 Å². The molecule has 130 valence electrons. The molecule has 3 saturated heterocycles. The van der Waals surface area contributed by atoms with Crippen molar-refractivity contribution in [1.29, 1.82) is 0 Å². The van der Waals surface area contributed by atoms with Gasteiger partial charge >= 0.3 is 6.03 Å². The largest absolute Gasteiger partial charge is 0.325 e. The third-order valence-electron chi connectivity index (χ3n) is 5.73. The van der Waals surface area contributed by atoms with Crippen LogP contribution in [0.15, 0.2) is 16.8 Å². The molecule has 1 atom stereocenters. The van der Waals surface area contributed by atoms with Gasteiger partial charge in [-0.15, -0.1) is 0 Å². The lowest BCUT2D eigenvalue weighted by molar-refractivity contribution is -0.123. The number of hydrogen-bond donors (Lipinski definition) is 0. The van der Waals surface area contributed by atoms with Crippen LogP contribution in [0.5, 0.6) is 0 Å². The highest BCUT2D eigenvalue weighted by Crippen LogP contribution is 2.34. The molecule has 3 aliphatic heterocycles. The van der Waals surface area contributed by atoms with Gasteiger partial charge in [0.25, 0.3) is 0 Å². The molecule has 0 saturated carbocycles. The lowest BCUT2D eigenvalue weighted by Crippen LogP contribution is -2.64. The number of urea groups is 1. The van der Waals surface area contributed by atoms with E-state index in [1.54, 1.807) is 11.3 Å². The summed E-state index contributed by atoms with van der Waals surface area (Å²) in [6, 6.07) is 2.18. The van der Waals surface area contributed by atoms with E-state index in [1.165, 1.54) is 0 Å². The topological polar surface area (TPSA) is 47.1 Å². The molecule has 4 heterocycles. The van der Waals surface area contributed by atoms with Crippen LogP contribution >= 0.6 is 11.3 Å². The average Bonchev–Trinajstić information content (AvgIpc) is 3.32. The zero-order valence-electron chi connectivity index (χ0n) is 14.1. The number of piperazine rings is 1. The second kappa shape index (κ2) is 6.04. The first-order valence-electron chi connectivity index (χ1n) is 8.67. The average molecular weight is 348 g/mol. The van der Waals surface area contributed by atoms with Gasteiger partial charge in [0.1, 0.15) is 0 Å². The fourth-order valence-electron chi connectivity index (χ4n) is 4.17. The third-order valence-corrected chi connectivity index (χ3v) is 6.40. The Kier molecular flexibility index (Phi) is 4.00. The zero-order chi connectivity index (χ0) is 16.7. The van der Waals surface area contributed by atoms with Gasteiger partial charge < -0.3 is 14.7 Å². The molecule has 6 nitrogen and oxygen atoms in total. The molecule has 3 fully saturated rings. The monoisotopic (exact) mass is 348 g/mol. The normalized spacial score (nSPS) is 28.4. The van der Waals surface area contributed by atoms with Gasteiger partial charge in [-0.1, -0.05) is 0 Å². The van der Waals surface area contributed by atoms with Crippen molar-refractivity contribution in [2.45, 2.75) is 24.8 Å². The maximum atomic E-state index is 12.7. The van der Waals surface area contributed by atoms with Crippen LogP contribution in [-0.4, -0.2) is 78.5 Å². The minimum atomic E-state index is -0.120. The van der Waals surface area contributed by atoms with Gasteiger partial charge in [0, 0.05) is 38.1 Å². The standard InChI is InChI=1S/C17H24N4O2S/c1-18-10-15(22)21(14-4-9-24-11-14)13-17(18)5-8-20(12-17)16(23)19-6-2-3-7-19/h4,9,11H,2-3,5-8,10,12-13H2,1H3/t17-/m1/s1. The Labute approximate surface area is 146 Å². The minimum Gasteiger partial charge on any atom is -0.325 e. The van der Waals surface area contributed by atoms with Crippen molar-refractivity contribution in [3.05, 3.63) is 16.8 Å². The summed E-state index contributed by atoms with van der Waals surface area (Å²) in [5, 5.41) is 4.03. The van der Waals surface area contributed by atoms with Crippen LogP contribution in [0.25, 0.3) is 0 Å². The summed E-state index contributed by atoms with van der Waals surface area (Å²) in [6.45, 7) is 4.36. The molecule has 3 amide bonds. The molecule has 0 aromatic carbocycles. The van der Waals surface area contributed by atoms with Gasteiger partial charge in [0.15, 0.2) is 0 Å². The number of hydrogen-bond acceptors (Lipinski definition) is 4. The number of rotatable bonds is 1. The van der Waals surface area contributed by atoms with E-state index >= 15 is 0 Å². The van der Waals surface area contributed by atoms with Gasteiger partial charge in [0.05, 0.1) is 17.8 Å². The van der Waals surface area contributed by atoms with Crippen molar-refractivity contribution in [2.24, 2.45) is 0 Å². The Morgan fingerprint density at radius 3 is 2.67 bits per heavy atom. The summed E-state index contributed by atoms with van der Waals surface area (Å²) in [5.74, 6) is 0.144. The number of likely N-dealkylation sites (N-methyl/N-ethyl adjacent to an activating group) is 1. The minimum absolute atomic E-state index is 0.120. The summed E-state index contributed by atoms with van der Waals surface area (Å²) < 4.78 is 0. The maximum absolute atomic E-state index is 12.7. The van der Waals surface area contributed by atoms with Crippen LogP contribution in [0.1, 0.15) is 19.3 Å². The van der Waals surface area contributed by atoms with Gasteiger partial charge in [0.2, 0.25) is 5.91 Å². The molecule has 7 heteroatoms. The highest BCUT2D eigenvalue weighted by Gasteiger charge is 2.49. The van der Waals surface area contributed by atoms with Crippen molar-refractivity contribution < 1.29 is 9.59 Å². The fraction of sp³-hybridized carbons (Fsp3) is 0.647. The second-order valence-corrected chi connectivity index (χ2v) is 7.97. The van der Waals surface area contributed by atoms with Crippen molar-refractivity contribution in [3.8, 4) is 0 Å². The molecule has 0 bridgehead atoms. The van der Waals surface area contributed by atoms with Crippen LogP contribution in [0.2, 0.25) is 0 Å². The number of carbonyl (C=O) groups is 2. The van der Waals surface area contributed by atoms with E-state index in [2.05, 4.69) is 4.90 Å². The number of likely N-dealkylation sites (tertiary alicyclic amines) is 2. The lowest BCUT2D eigenvalue weighted by atomic mass is 9.93. The van der Waals surface area contributed by atoms with Crippen molar-refractivity contribution in [2.75, 3.05) is 51.2 Å². The maximum Gasteiger partial charge on any atom is 0.320 e. The Morgan fingerprint density at radius 2 is 1.96 bits per heavy atom. The van der Waals surface area contributed by atoms with E-state index in [-0.39, 0.29) is 17.5 Å². The van der Waals surface area contributed by atoms with E-state index in [1.807, 2.05) is 38.6 Å². The predicted octanol–water partition coefficient (Wildman–Crippen LogP) is 1.69. The molecule has 1 spiro atoms. The second-order valence-electron chi connectivity index (χ2n) is 7.19. The molecule has 0 unspecified atom stereocenters. The van der Waals surface area contributed by atoms with Crippen LogP contribution in [0.3, 0.4) is 0 Å². The molecular weight excluding hydrogens is 324 g/mol. The van der Waals surface area contributed by atoms with Crippen molar-refractivity contribution >= 4 is 29.0 Å². The quantitative estimate of drug-likeness (QED) is 0.776. The molecule has 0 aliphatic carbocycles. The highest BCUT2D eigenvalue weighted by molar-refractivity contribution is 7.08. The summed E-state index contributed by atoms with van der Waals surface area (Å²) in [6.07, 6.45) is 3.16. The number of carbonyl (C=O) groups excluding carboxylic acids is 2. The van der Waals surface area contributed by atoms with E-state index in [0.717, 1.165) is 44.6 Å². The molecule has 24 heavy (non-hydrogen) atoms. The Balaban J connectivity index is 1.51. The summed E-state index contributed by atoms with van der Waals surface area (Å²) in [4.78, 5) is 33.2. The van der Waals surface area contributed by atoms with E-state index in [9.17, 15) is 9.59 Å². The zero-order valence-corrected chi connectivity index (χ0v) is 14.9. The summed E-state index contributed by atoms with van der Waals surface area (Å²) in [5.41, 5.74) is 0.868. The number of amides is 3. The fourth-order valence-corrected chi connectivity index (χ4v) is 4.82. The number of nitrogens with zero attached hydrogens (tertiary/aromatic N) is 4. The van der Waals surface area contributed by atoms with Crippen LogP contribution in [0.4, 0.5) is 10.5 Å². The number of thiophene rings is 1. The van der Waals surface area contributed by atoms with Crippen LogP contribution in [0, 0.1) is 0 Å². The molecular formula is C17H24N4O2S. The van der Waals surface area contributed by atoms with Gasteiger partial charge in [-0.2, -0.15) is 11.3 Å². The molecule has 0 radical (unpaired) electrons. The third kappa shape index (κ3) is 2.59. The summed E-state index contributed by atoms with van der Waals surface area (Å²) in [7, 11) is 2.02. The molecule has 1 aromatic rings. The van der Waals surface area contributed by atoms with Crippen molar-refractivity contribution in [1.82, 2.24) is 14.7 Å². The van der Waals surface area contributed by atoms with Gasteiger partial charge in [-0.05, 0) is 37.8 Å². The van der Waals surface area contributed by atoms with E-state index < -0.39 is 0 Å². The van der Waals surface area contributed by atoms with Gasteiger partial charge in [-0.25, -0.2) is 4.79 Å². The predicted molar refractivity (Wildman–Crippen MR) is 94.4 cm³/mol. The molecule has 1 aromatic heterocycles. The highest BCUT2D eigenvalue weighted by atomic mass is 32.1. The summed E-state index contributed by atoms with van der Waals surface area (Å²) >= 11 is 1.61. The first-order valence-corrected chi connectivity index (χ1v) is 9.61.